The summed E-state index contributed by atoms with van der Waals surface area (Å²) in [6.07, 6.45) is 1.17. The minimum absolute atomic E-state index is 0.475. The molecule has 1 aliphatic rings. The molecule has 0 radical (unpaired) electrons. The lowest BCUT2D eigenvalue weighted by atomic mass is 10.0. The summed E-state index contributed by atoms with van der Waals surface area (Å²) < 4.78 is 7.75. The van der Waals surface area contributed by atoms with Gasteiger partial charge in [-0.25, -0.2) is 4.98 Å². The summed E-state index contributed by atoms with van der Waals surface area (Å²) >= 11 is 0. The third-order valence-corrected chi connectivity index (χ3v) is 4.30. The Morgan fingerprint density at radius 3 is 3.05 bits per heavy atom. The highest BCUT2D eigenvalue weighted by Crippen LogP contribution is 2.18. The van der Waals surface area contributed by atoms with Crippen molar-refractivity contribution in [2.24, 2.45) is 5.92 Å². The van der Waals surface area contributed by atoms with Crippen LogP contribution in [-0.4, -0.2) is 28.8 Å². The minimum atomic E-state index is 0.475. The summed E-state index contributed by atoms with van der Waals surface area (Å²) in [4.78, 5) is 4.75. The number of benzene rings is 1. The van der Waals surface area contributed by atoms with E-state index >= 15 is 0 Å². The quantitative estimate of drug-likeness (QED) is 0.910. The van der Waals surface area contributed by atoms with Crippen molar-refractivity contribution in [2.45, 2.75) is 39.4 Å². The molecule has 4 heteroatoms. The molecular formula is C16H23N3O. The lowest BCUT2D eigenvalue weighted by Crippen LogP contribution is -2.34. The van der Waals surface area contributed by atoms with Crippen molar-refractivity contribution >= 4 is 11.0 Å². The molecule has 2 heterocycles. The molecule has 0 bridgehead atoms. The summed E-state index contributed by atoms with van der Waals surface area (Å²) in [5, 5.41) is 3.61. The Balaban J connectivity index is 1.73. The van der Waals surface area contributed by atoms with Gasteiger partial charge in [-0.3, -0.25) is 0 Å². The van der Waals surface area contributed by atoms with Gasteiger partial charge in [0.05, 0.1) is 24.2 Å². The van der Waals surface area contributed by atoms with Crippen molar-refractivity contribution in [1.82, 2.24) is 14.9 Å². The normalized spacial score (nSPS) is 20.6. The highest BCUT2D eigenvalue weighted by molar-refractivity contribution is 5.75. The van der Waals surface area contributed by atoms with Gasteiger partial charge in [-0.1, -0.05) is 12.1 Å². The number of nitrogens with zero attached hydrogens (tertiary/aromatic N) is 2. The molecule has 2 unspecified atom stereocenters. The Labute approximate surface area is 120 Å². The zero-order valence-corrected chi connectivity index (χ0v) is 12.3. The molecule has 0 spiro atoms. The number of aromatic nitrogens is 2. The first-order valence-electron chi connectivity index (χ1n) is 7.55. The van der Waals surface area contributed by atoms with E-state index in [0.29, 0.717) is 12.0 Å². The average Bonchev–Trinajstić information content (AvgIpc) is 3.11. The van der Waals surface area contributed by atoms with E-state index in [1.54, 1.807) is 0 Å². The van der Waals surface area contributed by atoms with Crippen molar-refractivity contribution in [3.63, 3.8) is 0 Å². The zero-order chi connectivity index (χ0) is 13.9. The number of aryl methyl sites for hydroxylation is 1. The molecule has 0 saturated carbocycles. The van der Waals surface area contributed by atoms with Gasteiger partial charge in [0.2, 0.25) is 0 Å². The summed E-state index contributed by atoms with van der Waals surface area (Å²) in [5.74, 6) is 1.76. The van der Waals surface area contributed by atoms with Gasteiger partial charge < -0.3 is 14.6 Å². The van der Waals surface area contributed by atoms with Crippen LogP contribution in [0.15, 0.2) is 24.3 Å². The second kappa shape index (κ2) is 5.94. The lowest BCUT2D eigenvalue weighted by molar-refractivity contribution is 0.178. The number of nitrogens with one attached hydrogen (secondary N) is 1. The monoisotopic (exact) mass is 273 g/mol. The van der Waals surface area contributed by atoms with Crippen LogP contribution in [0, 0.1) is 5.92 Å². The molecule has 0 amide bonds. The van der Waals surface area contributed by atoms with Crippen molar-refractivity contribution in [1.29, 1.82) is 0 Å². The van der Waals surface area contributed by atoms with E-state index in [1.165, 1.54) is 11.9 Å². The maximum atomic E-state index is 5.46. The van der Waals surface area contributed by atoms with E-state index in [1.807, 2.05) is 6.07 Å². The number of hydrogen-bond donors (Lipinski definition) is 1. The predicted molar refractivity (Wildman–Crippen MR) is 80.6 cm³/mol. The van der Waals surface area contributed by atoms with Gasteiger partial charge in [-0.2, -0.15) is 0 Å². The van der Waals surface area contributed by atoms with Gasteiger partial charge in [0, 0.05) is 19.2 Å². The Hall–Kier alpha value is -1.39. The smallest absolute Gasteiger partial charge is 0.123 e. The summed E-state index contributed by atoms with van der Waals surface area (Å²) in [6.45, 7) is 7.99. The van der Waals surface area contributed by atoms with Crippen molar-refractivity contribution in [3.8, 4) is 0 Å². The molecule has 2 atom stereocenters. The van der Waals surface area contributed by atoms with E-state index in [4.69, 9.17) is 9.72 Å². The van der Waals surface area contributed by atoms with E-state index in [9.17, 15) is 0 Å². The van der Waals surface area contributed by atoms with Crippen LogP contribution in [0.25, 0.3) is 11.0 Å². The molecule has 4 nitrogen and oxygen atoms in total. The first-order chi connectivity index (χ1) is 9.79. The van der Waals surface area contributed by atoms with Gasteiger partial charge in [-0.15, -0.1) is 0 Å². The number of para-hydroxylation sites is 2. The average molecular weight is 273 g/mol. The van der Waals surface area contributed by atoms with Crippen LogP contribution in [0.5, 0.6) is 0 Å². The number of rotatable bonds is 5. The molecule has 0 aliphatic carbocycles. The standard InChI is InChI=1S/C16H23N3O/c1-3-19-15-7-5-4-6-14(15)18-16(19)10-17-12(2)13-8-9-20-11-13/h4-7,12-13,17H,3,8-11H2,1-2H3. The van der Waals surface area contributed by atoms with Crippen LogP contribution < -0.4 is 5.32 Å². The van der Waals surface area contributed by atoms with Crippen molar-refractivity contribution in [2.75, 3.05) is 13.2 Å². The molecule has 20 heavy (non-hydrogen) atoms. The second-order valence-corrected chi connectivity index (χ2v) is 5.55. The predicted octanol–water partition coefficient (Wildman–Crippen LogP) is 2.57. The number of imidazole rings is 1. The molecule has 1 saturated heterocycles. The van der Waals surface area contributed by atoms with E-state index in [2.05, 4.69) is 41.9 Å². The molecule has 1 aromatic heterocycles. The fourth-order valence-corrected chi connectivity index (χ4v) is 2.98. The lowest BCUT2D eigenvalue weighted by Gasteiger charge is -2.19. The topological polar surface area (TPSA) is 39.1 Å². The fourth-order valence-electron chi connectivity index (χ4n) is 2.98. The number of hydrogen-bond acceptors (Lipinski definition) is 3. The van der Waals surface area contributed by atoms with E-state index in [0.717, 1.165) is 37.6 Å². The van der Waals surface area contributed by atoms with Gasteiger partial charge in [0.15, 0.2) is 0 Å². The van der Waals surface area contributed by atoms with Crippen LogP contribution >= 0.6 is 0 Å². The molecule has 1 aromatic carbocycles. The van der Waals surface area contributed by atoms with Crippen LogP contribution in [0.4, 0.5) is 0 Å². The Bertz CT molecular complexity index is 572. The van der Waals surface area contributed by atoms with Crippen LogP contribution in [-0.2, 0) is 17.8 Å². The first kappa shape index (κ1) is 13.6. The Morgan fingerprint density at radius 1 is 1.45 bits per heavy atom. The molecule has 1 fully saturated rings. The van der Waals surface area contributed by atoms with Crippen LogP contribution in [0.2, 0.25) is 0 Å². The Kier molecular flexibility index (Phi) is 4.03. The largest absolute Gasteiger partial charge is 0.381 e. The molecule has 3 rings (SSSR count). The molecule has 108 valence electrons. The van der Waals surface area contributed by atoms with Gasteiger partial charge in [0.1, 0.15) is 5.82 Å². The SMILES string of the molecule is CCn1c(CNC(C)C2CCOC2)nc2ccccc21. The van der Waals surface area contributed by atoms with Gasteiger partial charge >= 0.3 is 0 Å². The molecule has 1 aliphatic heterocycles. The van der Waals surface area contributed by atoms with Gasteiger partial charge in [-0.05, 0) is 38.3 Å². The third-order valence-electron chi connectivity index (χ3n) is 4.30. The Morgan fingerprint density at radius 2 is 2.30 bits per heavy atom. The molecular weight excluding hydrogens is 250 g/mol. The van der Waals surface area contributed by atoms with Gasteiger partial charge in [0.25, 0.3) is 0 Å². The van der Waals surface area contributed by atoms with Crippen molar-refractivity contribution < 1.29 is 4.74 Å². The van der Waals surface area contributed by atoms with E-state index in [-0.39, 0.29) is 0 Å². The minimum Gasteiger partial charge on any atom is -0.381 e. The summed E-state index contributed by atoms with van der Waals surface area (Å²) in [7, 11) is 0. The van der Waals surface area contributed by atoms with E-state index < -0.39 is 0 Å². The number of fused-ring (bicyclic) bond motifs is 1. The maximum absolute atomic E-state index is 5.46. The molecule has 1 N–H and O–H groups in total. The maximum Gasteiger partial charge on any atom is 0.123 e. The second-order valence-electron chi connectivity index (χ2n) is 5.55. The highest BCUT2D eigenvalue weighted by Gasteiger charge is 2.22. The zero-order valence-electron chi connectivity index (χ0n) is 12.3. The fraction of sp³-hybridized carbons (Fsp3) is 0.562. The summed E-state index contributed by atoms with van der Waals surface area (Å²) in [6, 6.07) is 8.82. The van der Waals surface area contributed by atoms with Crippen LogP contribution in [0.3, 0.4) is 0 Å². The highest BCUT2D eigenvalue weighted by atomic mass is 16.5. The number of ether oxygens (including phenoxy) is 1. The van der Waals surface area contributed by atoms with Crippen LogP contribution in [0.1, 0.15) is 26.1 Å². The third kappa shape index (κ3) is 2.58. The first-order valence-corrected chi connectivity index (χ1v) is 7.55. The molecule has 2 aromatic rings. The summed E-state index contributed by atoms with van der Waals surface area (Å²) in [5.41, 5.74) is 2.31. The van der Waals surface area contributed by atoms with Crippen molar-refractivity contribution in [3.05, 3.63) is 30.1 Å².